The maximum atomic E-state index is 12.6. The zero-order valence-corrected chi connectivity index (χ0v) is 17.0. The van der Waals surface area contributed by atoms with Gasteiger partial charge in [0.15, 0.2) is 5.78 Å². The Morgan fingerprint density at radius 1 is 1.09 bits per heavy atom. The van der Waals surface area contributed by atoms with Crippen molar-refractivity contribution in [2.24, 2.45) is 0 Å². The number of aryl methyl sites for hydroxylation is 1. The number of Topliss-reactive ketones (excluding diaryl/α,β-unsaturated/α-hetero) is 1. The third-order valence-corrected chi connectivity index (χ3v) is 4.45. The molecule has 32 heavy (non-hydrogen) atoms. The molecule has 1 N–H and O–H groups in total. The summed E-state index contributed by atoms with van der Waals surface area (Å²) in [6.45, 7) is 1.80. The van der Waals surface area contributed by atoms with E-state index in [0.29, 0.717) is 16.8 Å². The quantitative estimate of drug-likeness (QED) is 0.396. The molecule has 1 amide bonds. The van der Waals surface area contributed by atoms with Crippen molar-refractivity contribution in [2.75, 3.05) is 5.32 Å². The minimum atomic E-state index is -4.77. The highest BCUT2D eigenvalue weighted by Crippen LogP contribution is 2.24. The van der Waals surface area contributed by atoms with E-state index in [1.807, 2.05) is 6.07 Å². The van der Waals surface area contributed by atoms with Gasteiger partial charge >= 0.3 is 6.36 Å². The number of halogens is 3. The summed E-state index contributed by atoms with van der Waals surface area (Å²) in [7, 11) is 0. The smallest absolute Gasteiger partial charge is 0.406 e. The number of hydrogen-bond acceptors (Lipinski definition) is 4. The second-order valence-electron chi connectivity index (χ2n) is 6.93. The van der Waals surface area contributed by atoms with Gasteiger partial charge in [-0.15, -0.1) is 13.2 Å². The van der Waals surface area contributed by atoms with Gasteiger partial charge in [0, 0.05) is 36.1 Å². The van der Waals surface area contributed by atoms with Crippen LogP contribution in [0.5, 0.6) is 5.75 Å². The summed E-state index contributed by atoms with van der Waals surface area (Å²) in [5.41, 5.74) is 2.95. The largest absolute Gasteiger partial charge is 0.573 e. The molecule has 0 aliphatic heterocycles. The fraction of sp³-hybridized carbons (Fsp3) is 0.125. The van der Waals surface area contributed by atoms with Crippen LogP contribution in [0.3, 0.4) is 0 Å². The number of carbonyl (C=O) groups is 2. The summed E-state index contributed by atoms with van der Waals surface area (Å²) in [6.07, 6.45) is 1.47. The molecule has 8 heteroatoms. The molecule has 0 bridgehead atoms. The van der Waals surface area contributed by atoms with Crippen molar-refractivity contribution in [1.82, 2.24) is 4.98 Å². The van der Waals surface area contributed by atoms with Gasteiger partial charge in [0.1, 0.15) is 5.75 Å². The average Bonchev–Trinajstić information content (AvgIpc) is 2.75. The van der Waals surface area contributed by atoms with Crippen LogP contribution in [-0.4, -0.2) is 23.0 Å². The molecule has 0 aliphatic carbocycles. The number of hydrogen-bond donors (Lipinski definition) is 1. The van der Waals surface area contributed by atoms with Gasteiger partial charge in [-0.3, -0.25) is 14.6 Å². The molecule has 0 spiro atoms. The molecular formula is C24H19F3N2O3. The monoisotopic (exact) mass is 440 g/mol. The molecule has 2 aromatic carbocycles. The Morgan fingerprint density at radius 2 is 1.84 bits per heavy atom. The Hall–Kier alpha value is -3.94. The van der Waals surface area contributed by atoms with Crippen molar-refractivity contribution in [3.63, 3.8) is 0 Å². The molecule has 0 aliphatic rings. The van der Waals surface area contributed by atoms with E-state index >= 15 is 0 Å². The Kier molecular flexibility index (Phi) is 7.04. The normalized spacial score (nSPS) is 11.4. The van der Waals surface area contributed by atoms with Crippen LogP contribution in [0.2, 0.25) is 0 Å². The molecule has 0 radical (unpaired) electrons. The number of rotatable bonds is 7. The molecule has 0 unspecified atom stereocenters. The molecule has 1 heterocycles. The first kappa shape index (κ1) is 22.7. The Labute approximate surface area is 182 Å². The molecule has 0 saturated carbocycles. The predicted molar refractivity (Wildman–Crippen MR) is 114 cm³/mol. The molecule has 0 fully saturated rings. The Bertz CT molecular complexity index is 1130. The standard InChI is InChI=1S/C24H19F3N2O3/c1-16-4-8-19(14-21(16)29-23(31)11-7-18-3-2-12-28-15-18)22(30)13-17-5-9-20(10-6-17)32-24(25,26)27/h2-12,14-15H,13H2,1H3,(H,29,31)/b11-7+. The highest BCUT2D eigenvalue weighted by molar-refractivity contribution is 6.04. The fourth-order valence-corrected chi connectivity index (χ4v) is 2.85. The van der Waals surface area contributed by atoms with Crippen LogP contribution in [0.25, 0.3) is 6.08 Å². The lowest BCUT2D eigenvalue weighted by Gasteiger charge is -2.10. The van der Waals surface area contributed by atoms with E-state index in [9.17, 15) is 22.8 Å². The molecule has 0 atom stereocenters. The predicted octanol–water partition coefficient (Wildman–Crippen LogP) is 5.37. The topological polar surface area (TPSA) is 68.3 Å². The van der Waals surface area contributed by atoms with Crippen molar-refractivity contribution >= 4 is 23.5 Å². The average molecular weight is 440 g/mol. The number of carbonyl (C=O) groups excluding carboxylic acids is 2. The molecule has 1 aromatic heterocycles. The van der Waals surface area contributed by atoms with Gasteiger partial charge in [-0.1, -0.05) is 30.3 Å². The van der Waals surface area contributed by atoms with Crippen LogP contribution in [0, 0.1) is 6.92 Å². The van der Waals surface area contributed by atoms with Crippen LogP contribution in [0.15, 0.2) is 73.1 Å². The zero-order valence-electron chi connectivity index (χ0n) is 17.0. The summed E-state index contributed by atoms with van der Waals surface area (Å²) in [6, 6.07) is 13.6. The number of anilines is 1. The number of benzene rings is 2. The van der Waals surface area contributed by atoms with Gasteiger partial charge in [0.2, 0.25) is 5.91 Å². The number of nitrogens with zero attached hydrogens (tertiary/aromatic N) is 1. The van der Waals surface area contributed by atoms with E-state index in [4.69, 9.17) is 0 Å². The molecule has 3 rings (SSSR count). The van der Waals surface area contributed by atoms with Gasteiger partial charge in [-0.2, -0.15) is 0 Å². The number of nitrogens with one attached hydrogen (secondary N) is 1. The van der Waals surface area contributed by atoms with E-state index in [0.717, 1.165) is 23.3 Å². The van der Waals surface area contributed by atoms with Gasteiger partial charge in [-0.25, -0.2) is 0 Å². The van der Waals surface area contributed by atoms with Crippen LogP contribution >= 0.6 is 0 Å². The van der Waals surface area contributed by atoms with E-state index in [1.165, 1.54) is 18.2 Å². The SMILES string of the molecule is Cc1ccc(C(=O)Cc2ccc(OC(F)(F)F)cc2)cc1NC(=O)/C=C/c1cccnc1. The summed E-state index contributed by atoms with van der Waals surface area (Å²) in [5, 5.41) is 2.75. The summed E-state index contributed by atoms with van der Waals surface area (Å²) < 4.78 is 40.6. The number of alkyl halides is 3. The third kappa shape index (κ3) is 6.80. The van der Waals surface area contributed by atoms with Crippen molar-refractivity contribution in [3.8, 4) is 5.75 Å². The molecule has 3 aromatic rings. The number of pyridine rings is 1. The summed E-state index contributed by atoms with van der Waals surface area (Å²) in [4.78, 5) is 28.9. The van der Waals surface area contributed by atoms with Crippen molar-refractivity contribution in [2.45, 2.75) is 19.7 Å². The van der Waals surface area contributed by atoms with E-state index in [-0.39, 0.29) is 23.9 Å². The highest BCUT2D eigenvalue weighted by atomic mass is 19.4. The molecule has 5 nitrogen and oxygen atoms in total. The second-order valence-corrected chi connectivity index (χ2v) is 6.93. The Balaban J connectivity index is 1.66. The summed E-state index contributed by atoms with van der Waals surface area (Å²) >= 11 is 0. The fourth-order valence-electron chi connectivity index (χ4n) is 2.85. The van der Waals surface area contributed by atoms with E-state index < -0.39 is 6.36 Å². The van der Waals surface area contributed by atoms with Gasteiger partial charge in [0.05, 0.1) is 0 Å². The molecular weight excluding hydrogens is 421 g/mol. The first-order valence-corrected chi connectivity index (χ1v) is 9.57. The highest BCUT2D eigenvalue weighted by Gasteiger charge is 2.30. The first-order valence-electron chi connectivity index (χ1n) is 9.57. The van der Waals surface area contributed by atoms with Crippen molar-refractivity contribution in [3.05, 3.63) is 95.3 Å². The van der Waals surface area contributed by atoms with Crippen LogP contribution in [0.4, 0.5) is 18.9 Å². The number of ketones is 1. The summed E-state index contributed by atoms with van der Waals surface area (Å²) in [5.74, 6) is -0.953. The maximum absolute atomic E-state index is 12.6. The second kappa shape index (κ2) is 9.91. The third-order valence-electron chi connectivity index (χ3n) is 4.45. The molecule has 0 saturated heterocycles. The lowest BCUT2D eigenvalue weighted by molar-refractivity contribution is -0.274. The van der Waals surface area contributed by atoms with Crippen molar-refractivity contribution < 1.29 is 27.5 Å². The number of aromatic nitrogens is 1. The van der Waals surface area contributed by atoms with Gasteiger partial charge < -0.3 is 10.1 Å². The minimum Gasteiger partial charge on any atom is -0.406 e. The Morgan fingerprint density at radius 3 is 2.50 bits per heavy atom. The number of ether oxygens (including phenoxy) is 1. The number of amides is 1. The van der Waals surface area contributed by atoms with E-state index in [2.05, 4.69) is 15.0 Å². The van der Waals surface area contributed by atoms with Crippen LogP contribution in [-0.2, 0) is 11.2 Å². The minimum absolute atomic E-state index is 0.0103. The van der Waals surface area contributed by atoms with Gasteiger partial charge in [0.25, 0.3) is 0 Å². The lowest BCUT2D eigenvalue weighted by atomic mass is 10.0. The zero-order chi connectivity index (χ0) is 23.1. The maximum Gasteiger partial charge on any atom is 0.573 e. The van der Waals surface area contributed by atoms with E-state index in [1.54, 1.807) is 49.7 Å². The first-order chi connectivity index (χ1) is 15.2. The van der Waals surface area contributed by atoms with Crippen molar-refractivity contribution in [1.29, 1.82) is 0 Å². The van der Waals surface area contributed by atoms with Crippen LogP contribution in [0.1, 0.15) is 27.0 Å². The lowest BCUT2D eigenvalue weighted by Crippen LogP contribution is -2.17. The van der Waals surface area contributed by atoms with Gasteiger partial charge in [-0.05, 0) is 54.0 Å². The molecule has 164 valence electrons. The van der Waals surface area contributed by atoms with Crippen LogP contribution < -0.4 is 10.1 Å².